The second kappa shape index (κ2) is 8.01. The van der Waals surface area contributed by atoms with Crippen LogP contribution in [-0.2, 0) is 17.1 Å². The molecule has 0 bridgehead atoms. The fourth-order valence-corrected chi connectivity index (χ4v) is 4.86. The summed E-state index contributed by atoms with van der Waals surface area (Å²) < 4.78 is 2.11. The zero-order chi connectivity index (χ0) is 17.9. The van der Waals surface area contributed by atoms with Gasteiger partial charge in [-0.25, -0.2) is 4.98 Å². The van der Waals surface area contributed by atoms with Gasteiger partial charge in [-0.15, -0.1) is 0 Å². The van der Waals surface area contributed by atoms with Gasteiger partial charge < -0.3 is 9.47 Å². The molecule has 140 valence electrons. The molecule has 2 heterocycles. The van der Waals surface area contributed by atoms with Crippen LogP contribution >= 0.6 is 11.8 Å². The van der Waals surface area contributed by atoms with E-state index in [1.54, 1.807) is 11.8 Å². The number of carbonyl (C=O) groups excluding carboxylic acids is 1. The second-order valence-electron chi connectivity index (χ2n) is 7.39. The molecule has 0 N–H and O–H groups in total. The van der Waals surface area contributed by atoms with Crippen molar-refractivity contribution >= 4 is 28.7 Å². The largest absolute Gasteiger partial charge is 0.339 e. The Balaban J connectivity index is 1.43. The highest BCUT2D eigenvalue weighted by atomic mass is 32.2. The van der Waals surface area contributed by atoms with Crippen LogP contribution in [0, 0.1) is 0 Å². The van der Waals surface area contributed by atoms with Gasteiger partial charge in [0.1, 0.15) is 12.4 Å². The van der Waals surface area contributed by atoms with Gasteiger partial charge in [0.05, 0.1) is 16.8 Å². The van der Waals surface area contributed by atoms with Gasteiger partial charge in [0.25, 0.3) is 0 Å². The number of fused-ring (bicyclic) bond motifs is 1. The average Bonchev–Trinajstić information content (AvgIpc) is 3.31. The maximum Gasteiger partial charge on any atom is 0.242 e. The van der Waals surface area contributed by atoms with Crippen LogP contribution in [0.4, 0.5) is 0 Å². The van der Waals surface area contributed by atoms with Crippen LogP contribution in [0.5, 0.6) is 0 Å². The zero-order valence-corrected chi connectivity index (χ0v) is 16.4. The summed E-state index contributed by atoms with van der Waals surface area (Å²) in [7, 11) is 0. The van der Waals surface area contributed by atoms with Crippen molar-refractivity contribution in [3.8, 4) is 0 Å². The van der Waals surface area contributed by atoms with Gasteiger partial charge in [-0.1, -0.05) is 25.0 Å². The highest BCUT2D eigenvalue weighted by Gasteiger charge is 2.28. The standard InChI is InChI=1S/C20H28N4OS/c1-26-15-19-21-17-8-4-5-9-18(17)24(19)14-20(25)23-12-10-22(11-13-23)16-6-2-3-7-16/h4-5,8-9,16H,2-3,6-7,10-15H2,1H3. The van der Waals surface area contributed by atoms with Crippen LogP contribution in [0.15, 0.2) is 24.3 Å². The van der Waals surface area contributed by atoms with Crippen molar-refractivity contribution in [3.05, 3.63) is 30.1 Å². The van der Waals surface area contributed by atoms with Crippen LogP contribution in [-0.4, -0.2) is 63.7 Å². The Labute approximate surface area is 159 Å². The molecule has 0 unspecified atom stereocenters. The number of piperazine rings is 1. The first-order chi connectivity index (χ1) is 12.8. The molecule has 1 saturated heterocycles. The molecule has 2 aromatic rings. The van der Waals surface area contributed by atoms with E-state index in [0.29, 0.717) is 6.54 Å². The van der Waals surface area contributed by atoms with Crippen molar-refractivity contribution in [2.45, 2.75) is 44.0 Å². The Morgan fingerprint density at radius 2 is 1.88 bits per heavy atom. The molecule has 1 amide bonds. The predicted octanol–water partition coefficient (Wildman–Crippen LogP) is 2.99. The normalized spacial score (nSPS) is 19.5. The Kier molecular flexibility index (Phi) is 5.50. The van der Waals surface area contributed by atoms with Gasteiger partial charge in [0.15, 0.2) is 0 Å². The summed E-state index contributed by atoms with van der Waals surface area (Å²) >= 11 is 1.75. The molecule has 2 fully saturated rings. The summed E-state index contributed by atoms with van der Waals surface area (Å²) in [6.07, 6.45) is 7.50. The number of hydrogen-bond acceptors (Lipinski definition) is 4. The molecule has 1 aromatic carbocycles. The van der Waals surface area contributed by atoms with Gasteiger partial charge in [0, 0.05) is 32.2 Å². The lowest BCUT2D eigenvalue weighted by Crippen LogP contribution is -2.52. The van der Waals surface area contributed by atoms with E-state index in [2.05, 4.69) is 21.8 Å². The molecular formula is C20H28N4OS. The molecule has 1 aliphatic heterocycles. The maximum absolute atomic E-state index is 12.9. The van der Waals surface area contributed by atoms with Crippen LogP contribution in [0.25, 0.3) is 11.0 Å². The van der Waals surface area contributed by atoms with E-state index in [9.17, 15) is 4.79 Å². The smallest absolute Gasteiger partial charge is 0.242 e. The fraction of sp³-hybridized carbons (Fsp3) is 0.600. The monoisotopic (exact) mass is 372 g/mol. The average molecular weight is 373 g/mol. The first-order valence-corrected chi connectivity index (χ1v) is 11.1. The second-order valence-corrected chi connectivity index (χ2v) is 8.26. The van der Waals surface area contributed by atoms with Gasteiger partial charge in [-0.2, -0.15) is 11.8 Å². The first-order valence-electron chi connectivity index (χ1n) is 9.71. The number of nitrogens with zero attached hydrogens (tertiary/aromatic N) is 4. The molecule has 26 heavy (non-hydrogen) atoms. The maximum atomic E-state index is 12.9. The fourth-order valence-electron chi connectivity index (χ4n) is 4.38. The van der Waals surface area contributed by atoms with Crippen LogP contribution < -0.4 is 0 Å². The van der Waals surface area contributed by atoms with Crippen molar-refractivity contribution in [2.75, 3.05) is 32.4 Å². The summed E-state index contributed by atoms with van der Waals surface area (Å²) in [5.41, 5.74) is 2.05. The molecule has 1 aliphatic carbocycles. The van der Waals surface area contributed by atoms with Crippen molar-refractivity contribution in [3.63, 3.8) is 0 Å². The number of imidazole rings is 1. The van der Waals surface area contributed by atoms with Crippen LogP contribution in [0.1, 0.15) is 31.5 Å². The summed E-state index contributed by atoms with van der Waals surface area (Å²) in [5, 5.41) is 0. The summed E-state index contributed by atoms with van der Waals surface area (Å²) in [5.74, 6) is 2.05. The van der Waals surface area contributed by atoms with E-state index in [1.807, 2.05) is 23.1 Å². The minimum Gasteiger partial charge on any atom is -0.339 e. The molecule has 0 spiro atoms. The first kappa shape index (κ1) is 17.9. The lowest BCUT2D eigenvalue weighted by Gasteiger charge is -2.38. The zero-order valence-electron chi connectivity index (χ0n) is 15.6. The summed E-state index contributed by atoms with van der Waals surface area (Å²) in [6.45, 7) is 4.18. The number of aromatic nitrogens is 2. The van der Waals surface area contributed by atoms with Gasteiger partial charge >= 0.3 is 0 Å². The Bertz CT molecular complexity index is 760. The topological polar surface area (TPSA) is 41.4 Å². The van der Waals surface area contributed by atoms with E-state index in [1.165, 1.54) is 25.7 Å². The van der Waals surface area contributed by atoms with E-state index in [4.69, 9.17) is 4.98 Å². The molecule has 5 nitrogen and oxygen atoms in total. The third kappa shape index (κ3) is 3.62. The SMILES string of the molecule is CSCc1nc2ccccc2n1CC(=O)N1CCN(C2CCCC2)CC1. The van der Waals surface area contributed by atoms with Gasteiger partial charge in [-0.05, 0) is 31.2 Å². The molecule has 1 aromatic heterocycles. The van der Waals surface area contributed by atoms with Crippen LogP contribution in [0.2, 0.25) is 0 Å². The number of thioether (sulfide) groups is 1. The number of para-hydroxylation sites is 2. The van der Waals surface area contributed by atoms with Crippen molar-refractivity contribution in [2.24, 2.45) is 0 Å². The molecule has 1 saturated carbocycles. The lowest BCUT2D eigenvalue weighted by molar-refractivity contribution is -0.133. The number of carbonyl (C=O) groups is 1. The minimum absolute atomic E-state index is 0.224. The molecule has 2 aliphatic rings. The van der Waals surface area contributed by atoms with E-state index in [0.717, 1.165) is 54.8 Å². The van der Waals surface area contributed by atoms with Crippen molar-refractivity contribution in [1.29, 1.82) is 0 Å². The predicted molar refractivity (Wildman–Crippen MR) is 107 cm³/mol. The van der Waals surface area contributed by atoms with Gasteiger partial charge in [-0.3, -0.25) is 9.69 Å². The Morgan fingerprint density at radius 3 is 2.62 bits per heavy atom. The highest BCUT2D eigenvalue weighted by Crippen LogP contribution is 2.24. The highest BCUT2D eigenvalue weighted by molar-refractivity contribution is 7.97. The van der Waals surface area contributed by atoms with E-state index >= 15 is 0 Å². The number of hydrogen-bond donors (Lipinski definition) is 0. The quantitative estimate of drug-likeness (QED) is 0.809. The molecule has 0 radical (unpaired) electrons. The number of rotatable bonds is 5. The summed E-state index contributed by atoms with van der Waals surface area (Å²) in [4.78, 5) is 22.3. The molecule has 4 rings (SSSR count). The third-order valence-electron chi connectivity index (χ3n) is 5.81. The lowest BCUT2D eigenvalue weighted by atomic mass is 10.2. The number of benzene rings is 1. The Morgan fingerprint density at radius 1 is 1.15 bits per heavy atom. The minimum atomic E-state index is 0.224. The summed E-state index contributed by atoms with van der Waals surface area (Å²) in [6, 6.07) is 8.89. The van der Waals surface area contributed by atoms with Crippen LogP contribution in [0.3, 0.4) is 0 Å². The molecule has 6 heteroatoms. The van der Waals surface area contributed by atoms with Crippen molar-refractivity contribution < 1.29 is 4.79 Å². The Hall–Kier alpha value is -1.53. The molecular weight excluding hydrogens is 344 g/mol. The number of amides is 1. The van der Waals surface area contributed by atoms with E-state index in [-0.39, 0.29) is 5.91 Å². The third-order valence-corrected chi connectivity index (χ3v) is 6.36. The van der Waals surface area contributed by atoms with Crippen molar-refractivity contribution in [1.82, 2.24) is 19.4 Å². The molecule has 0 atom stereocenters. The van der Waals surface area contributed by atoms with Gasteiger partial charge in [0.2, 0.25) is 5.91 Å². The van der Waals surface area contributed by atoms with E-state index < -0.39 is 0 Å².